The summed E-state index contributed by atoms with van der Waals surface area (Å²) in [6, 6.07) is -0.0898. The molecule has 2 saturated heterocycles. The van der Waals surface area contributed by atoms with E-state index in [1.54, 1.807) is 11.8 Å². The van der Waals surface area contributed by atoms with Gasteiger partial charge in [0.05, 0.1) is 19.1 Å². The third-order valence-electron chi connectivity index (χ3n) is 7.70. The van der Waals surface area contributed by atoms with Gasteiger partial charge in [0, 0.05) is 30.6 Å². The summed E-state index contributed by atoms with van der Waals surface area (Å²) in [5.74, 6) is -0.114. The molecule has 0 bridgehead atoms. The van der Waals surface area contributed by atoms with Crippen LogP contribution < -0.4 is 10.7 Å². The summed E-state index contributed by atoms with van der Waals surface area (Å²) in [4.78, 5) is 39.9. The third-order valence-corrected chi connectivity index (χ3v) is 8.14. The molecule has 4 aliphatic rings. The minimum absolute atomic E-state index is 0.0259. The monoisotopic (exact) mass is 468 g/mol. The number of alkyl halides is 1. The van der Waals surface area contributed by atoms with Gasteiger partial charge in [-0.2, -0.15) is 0 Å². The summed E-state index contributed by atoms with van der Waals surface area (Å²) in [5, 5.41) is 5.39. The third kappa shape index (κ3) is 5.39. The van der Waals surface area contributed by atoms with E-state index in [2.05, 4.69) is 15.8 Å². The molecule has 32 heavy (non-hydrogen) atoms. The zero-order valence-corrected chi connectivity index (χ0v) is 19.8. The normalized spacial score (nSPS) is 35.9. The molecule has 0 aromatic carbocycles. The number of carbonyl (C=O) groups is 3. The maximum absolute atomic E-state index is 13.1. The van der Waals surface area contributed by atoms with E-state index in [9.17, 15) is 14.4 Å². The average Bonchev–Trinajstić information content (AvgIpc) is 3.22. The quantitative estimate of drug-likeness (QED) is 0.456. The number of hydrazine groups is 1. The Morgan fingerprint density at radius 2 is 1.88 bits per heavy atom. The van der Waals surface area contributed by atoms with E-state index in [0.717, 1.165) is 64.3 Å². The lowest BCUT2D eigenvalue weighted by Gasteiger charge is -2.37. The lowest BCUT2D eigenvalue weighted by atomic mass is 9.82. The number of halogens is 1. The lowest BCUT2D eigenvalue weighted by Crippen LogP contribution is -2.59. The van der Waals surface area contributed by atoms with Gasteiger partial charge in [-0.1, -0.05) is 12.8 Å². The van der Waals surface area contributed by atoms with Gasteiger partial charge in [-0.25, -0.2) is 5.01 Å². The van der Waals surface area contributed by atoms with Crippen molar-refractivity contribution < 1.29 is 19.1 Å². The fraction of sp³-hybridized carbons (Fsp3) is 0.870. The van der Waals surface area contributed by atoms with Crippen LogP contribution in [-0.4, -0.2) is 77.4 Å². The highest BCUT2D eigenvalue weighted by Crippen LogP contribution is 2.35. The first-order valence-electron chi connectivity index (χ1n) is 12.4. The molecule has 2 N–H and O–H groups in total. The Labute approximate surface area is 195 Å². The number of piperazine rings is 1. The second-order valence-corrected chi connectivity index (χ2v) is 10.4. The van der Waals surface area contributed by atoms with Crippen molar-refractivity contribution in [3.63, 3.8) is 0 Å². The Hall–Kier alpha value is -1.38. The van der Waals surface area contributed by atoms with Crippen LogP contribution in [0.2, 0.25) is 0 Å². The smallest absolute Gasteiger partial charge is 0.311 e. The van der Waals surface area contributed by atoms with Crippen LogP contribution in [0.5, 0.6) is 0 Å². The van der Waals surface area contributed by atoms with Crippen molar-refractivity contribution in [1.29, 1.82) is 0 Å². The van der Waals surface area contributed by atoms with Crippen molar-refractivity contribution >= 4 is 29.4 Å². The largest absolute Gasteiger partial charge is 0.466 e. The van der Waals surface area contributed by atoms with E-state index in [1.165, 1.54) is 0 Å². The van der Waals surface area contributed by atoms with Crippen LogP contribution in [0.15, 0.2) is 0 Å². The van der Waals surface area contributed by atoms with E-state index in [0.29, 0.717) is 30.5 Å². The molecule has 9 heteroatoms. The summed E-state index contributed by atoms with van der Waals surface area (Å²) in [6.45, 7) is 3.45. The number of carbonyl (C=O) groups excluding carboxylic acids is 3. The van der Waals surface area contributed by atoms with Crippen molar-refractivity contribution in [2.45, 2.75) is 88.2 Å². The van der Waals surface area contributed by atoms with Gasteiger partial charge in [0.15, 0.2) is 0 Å². The highest BCUT2D eigenvalue weighted by atomic mass is 35.5. The summed E-state index contributed by atoms with van der Waals surface area (Å²) >= 11 is 6.26. The summed E-state index contributed by atoms with van der Waals surface area (Å²) in [7, 11) is 0. The molecule has 8 nitrogen and oxygen atoms in total. The number of ether oxygens (including phenoxy) is 1. The van der Waals surface area contributed by atoms with Crippen LogP contribution in [0.4, 0.5) is 0 Å². The van der Waals surface area contributed by atoms with Gasteiger partial charge in [0.1, 0.15) is 6.04 Å². The van der Waals surface area contributed by atoms with Gasteiger partial charge in [0.25, 0.3) is 0 Å². The number of esters is 1. The Morgan fingerprint density at radius 3 is 2.62 bits per heavy atom. The van der Waals surface area contributed by atoms with Crippen molar-refractivity contribution in [3.05, 3.63) is 0 Å². The second-order valence-electron chi connectivity index (χ2n) is 9.77. The lowest BCUT2D eigenvalue weighted by molar-refractivity contribution is -0.151. The highest BCUT2D eigenvalue weighted by molar-refractivity contribution is 6.20. The second kappa shape index (κ2) is 10.7. The van der Waals surface area contributed by atoms with E-state index in [-0.39, 0.29) is 42.3 Å². The molecule has 180 valence electrons. The first kappa shape index (κ1) is 23.8. The fourth-order valence-electron chi connectivity index (χ4n) is 5.92. The predicted octanol–water partition coefficient (Wildman–Crippen LogP) is 1.81. The van der Waals surface area contributed by atoms with Crippen LogP contribution in [0.3, 0.4) is 0 Å². The Kier molecular flexibility index (Phi) is 7.95. The summed E-state index contributed by atoms with van der Waals surface area (Å²) in [5.41, 5.74) is 3.57. The number of nitrogens with zero attached hydrogens (tertiary/aromatic N) is 2. The molecule has 0 spiro atoms. The SMILES string of the molecule is CCOC(=O)C1CCCCC1NC(=O)CN1CCN2NC(C3CCC(Cl)CC3)CC2C1=O. The number of nitrogens with one attached hydrogen (secondary N) is 2. The highest BCUT2D eigenvalue weighted by Gasteiger charge is 2.45. The first-order valence-corrected chi connectivity index (χ1v) is 12.8. The van der Waals surface area contributed by atoms with Gasteiger partial charge in [-0.3, -0.25) is 19.8 Å². The molecule has 4 fully saturated rings. The molecule has 0 aromatic heterocycles. The topological polar surface area (TPSA) is 91.0 Å². The van der Waals surface area contributed by atoms with Crippen molar-refractivity contribution in [2.24, 2.45) is 11.8 Å². The zero-order valence-electron chi connectivity index (χ0n) is 19.1. The molecule has 2 aliphatic carbocycles. The number of hydrogen-bond acceptors (Lipinski definition) is 6. The van der Waals surface area contributed by atoms with Gasteiger partial charge in [-0.15, -0.1) is 11.6 Å². The van der Waals surface area contributed by atoms with Gasteiger partial charge in [-0.05, 0) is 57.8 Å². The molecule has 4 atom stereocenters. The van der Waals surface area contributed by atoms with E-state index in [1.807, 2.05) is 0 Å². The Morgan fingerprint density at radius 1 is 1.12 bits per heavy atom. The van der Waals surface area contributed by atoms with Crippen molar-refractivity contribution in [2.75, 3.05) is 26.2 Å². The van der Waals surface area contributed by atoms with E-state index >= 15 is 0 Å². The van der Waals surface area contributed by atoms with E-state index in [4.69, 9.17) is 16.3 Å². The molecule has 2 amide bonds. The maximum Gasteiger partial charge on any atom is 0.311 e. The predicted molar refractivity (Wildman–Crippen MR) is 121 cm³/mol. The van der Waals surface area contributed by atoms with Crippen LogP contribution in [-0.2, 0) is 19.1 Å². The van der Waals surface area contributed by atoms with Gasteiger partial charge < -0.3 is 15.0 Å². The number of fused-ring (bicyclic) bond motifs is 1. The number of hydrogen-bond donors (Lipinski definition) is 2. The van der Waals surface area contributed by atoms with Crippen LogP contribution >= 0.6 is 11.6 Å². The van der Waals surface area contributed by atoms with Gasteiger partial charge in [0.2, 0.25) is 11.8 Å². The van der Waals surface area contributed by atoms with Crippen LogP contribution in [0.25, 0.3) is 0 Å². The molecular formula is C23H37ClN4O4. The fourth-order valence-corrected chi connectivity index (χ4v) is 6.18. The summed E-state index contributed by atoms with van der Waals surface area (Å²) < 4.78 is 5.20. The van der Waals surface area contributed by atoms with E-state index < -0.39 is 0 Å². The molecule has 2 saturated carbocycles. The first-order chi connectivity index (χ1) is 15.5. The van der Waals surface area contributed by atoms with Crippen molar-refractivity contribution in [3.8, 4) is 0 Å². The molecule has 2 heterocycles. The number of rotatable bonds is 6. The zero-order chi connectivity index (χ0) is 22.7. The molecule has 4 unspecified atom stereocenters. The van der Waals surface area contributed by atoms with Gasteiger partial charge >= 0.3 is 5.97 Å². The average molecular weight is 469 g/mol. The molecule has 0 radical (unpaired) electrons. The standard InChI is InChI=1S/C23H37ClN4O4/c1-2-32-23(31)17-5-3-4-6-18(17)25-21(29)14-27-11-12-28-20(22(27)30)13-19(26-28)15-7-9-16(24)10-8-15/h15-20,26H,2-14H2,1H3,(H,25,29). The van der Waals surface area contributed by atoms with Crippen LogP contribution in [0, 0.1) is 11.8 Å². The van der Waals surface area contributed by atoms with Crippen LogP contribution in [0.1, 0.15) is 64.7 Å². The molecule has 2 aliphatic heterocycles. The minimum Gasteiger partial charge on any atom is -0.466 e. The molecular weight excluding hydrogens is 432 g/mol. The molecule has 4 rings (SSSR count). The minimum atomic E-state index is -0.289. The Balaban J connectivity index is 1.29. The van der Waals surface area contributed by atoms with Crippen molar-refractivity contribution in [1.82, 2.24) is 20.7 Å². The Bertz CT molecular complexity index is 699. The maximum atomic E-state index is 13.1. The number of amides is 2. The summed E-state index contributed by atoms with van der Waals surface area (Å²) in [6.07, 6.45) is 8.57. The molecule has 0 aromatic rings.